The first-order valence-electron chi connectivity index (χ1n) is 7.75. The number of allylic oxidation sites excluding steroid dienone is 1. The average Bonchev–Trinajstić information content (AvgIpc) is 2.65. The van der Waals surface area contributed by atoms with E-state index >= 15 is 0 Å². The lowest BCUT2D eigenvalue weighted by molar-refractivity contribution is 0.321. The van der Waals surface area contributed by atoms with E-state index in [1.807, 2.05) is 0 Å². The van der Waals surface area contributed by atoms with E-state index in [1.165, 1.54) is 33.5 Å². The summed E-state index contributed by atoms with van der Waals surface area (Å²) in [7, 11) is 4.55. The van der Waals surface area contributed by atoms with Crippen molar-refractivity contribution in [3.05, 3.63) is 52.9 Å². The van der Waals surface area contributed by atoms with E-state index in [0.717, 1.165) is 0 Å². The number of nitriles is 1. The Hall–Kier alpha value is -3.53. The molecule has 0 saturated carbocycles. The van der Waals surface area contributed by atoms with Gasteiger partial charge in [0.25, 0.3) is 0 Å². The van der Waals surface area contributed by atoms with Crippen molar-refractivity contribution in [1.82, 2.24) is 0 Å². The van der Waals surface area contributed by atoms with Crippen LogP contribution in [-0.2, 0) is 0 Å². The molecular formula is C19H18N2O5. The molecule has 2 aromatic rings. The average molecular weight is 354 g/mol. The fraction of sp³-hybridized carbons (Fsp3) is 0.211. The number of nitrogens with zero attached hydrogens (tertiary/aromatic N) is 1. The Kier molecular flexibility index (Phi) is 4.50. The summed E-state index contributed by atoms with van der Waals surface area (Å²) in [6.07, 6.45) is 0. The lowest BCUT2D eigenvalue weighted by atomic mass is 9.83. The second-order valence-corrected chi connectivity index (χ2v) is 5.57. The Morgan fingerprint density at radius 1 is 1.04 bits per heavy atom. The van der Waals surface area contributed by atoms with Crippen molar-refractivity contribution >= 4 is 0 Å². The molecule has 0 fully saturated rings. The molecule has 0 radical (unpaired) electrons. The van der Waals surface area contributed by atoms with Gasteiger partial charge >= 0.3 is 0 Å². The first-order valence-corrected chi connectivity index (χ1v) is 7.75. The molecular weight excluding hydrogens is 336 g/mol. The predicted octanol–water partition coefficient (Wildman–Crippen LogP) is 2.64. The van der Waals surface area contributed by atoms with Gasteiger partial charge in [-0.25, -0.2) is 0 Å². The molecule has 7 heteroatoms. The highest BCUT2D eigenvalue weighted by Crippen LogP contribution is 2.50. The number of benzene rings is 2. The minimum atomic E-state index is -0.542. The van der Waals surface area contributed by atoms with Gasteiger partial charge in [-0.2, -0.15) is 5.26 Å². The zero-order chi connectivity index (χ0) is 18.8. The normalized spacial score (nSPS) is 15.5. The van der Waals surface area contributed by atoms with E-state index in [2.05, 4.69) is 6.07 Å². The van der Waals surface area contributed by atoms with Crippen LogP contribution in [0.4, 0.5) is 0 Å². The molecule has 3 N–H and O–H groups in total. The van der Waals surface area contributed by atoms with Crippen LogP contribution in [0, 0.1) is 11.3 Å². The molecule has 0 saturated heterocycles. The predicted molar refractivity (Wildman–Crippen MR) is 93.5 cm³/mol. The second-order valence-electron chi connectivity index (χ2n) is 5.57. The largest absolute Gasteiger partial charge is 0.508 e. The lowest BCUT2D eigenvalue weighted by Crippen LogP contribution is -2.21. The fourth-order valence-electron chi connectivity index (χ4n) is 3.12. The second kappa shape index (κ2) is 6.76. The van der Waals surface area contributed by atoms with Gasteiger partial charge in [-0.1, -0.05) is 12.1 Å². The highest BCUT2D eigenvalue weighted by atomic mass is 16.5. The van der Waals surface area contributed by atoms with Gasteiger partial charge in [0.05, 0.1) is 27.2 Å². The summed E-state index contributed by atoms with van der Waals surface area (Å²) in [5.74, 6) is 1.19. The Bertz CT molecular complexity index is 930. The molecule has 1 aliphatic rings. The van der Waals surface area contributed by atoms with E-state index in [1.54, 1.807) is 18.2 Å². The SMILES string of the molecule is COc1ccc(C2C(C#N)=C(N)Oc3cc(O)ccc32)c(OC)c1OC. The van der Waals surface area contributed by atoms with Gasteiger partial charge in [-0.15, -0.1) is 0 Å². The van der Waals surface area contributed by atoms with Crippen molar-refractivity contribution in [3.8, 4) is 34.8 Å². The topological polar surface area (TPSA) is 107 Å². The number of hydrogen-bond donors (Lipinski definition) is 2. The van der Waals surface area contributed by atoms with Crippen LogP contribution in [0.1, 0.15) is 17.0 Å². The van der Waals surface area contributed by atoms with E-state index in [4.69, 9.17) is 24.7 Å². The number of phenolic OH excluding ortho intramolecular Hbond substituents is 1. The number of methoxy groups -OCH3 is 3. The van der Waals surface area contributed by atoms with Gasteiger partial charge in [0, 0.05) is 17.2 Å². The quantitative estimate of drug-likeness (QED) is 0.869. The van der Waals surface area contributed by atoms with E-state index in [-0.39, 0.29) is 17.2 Å². The van der Waals surface area contributed by atoms with Gasteiger partial charge in [-0.05, 0) is 12.1 Å². The van der Waals surface area contributed by atoms with Crippen LogP contribution >= 0.6 is 0 Å². The maximum atomic E-state index is 9.74. The molecule has 0 aliphatic carbocycles. The Morgan fingerprint density at radius 2 is 1.73 bits per heavy atom. The summed E-state index contributed by atoms with van der Waals surface area (Å²) in [4.78, 5) is 0. The van der Waals surface area contributed by atoms with Crippen LogP contribution in [0.5, 0.6) is 28.7 Å². The number of ether oxygens (including phenoxy) is 4. The van der Waals surface area contributed by atoms with E-state index < -0.39 is 5.92 Å². The standard InChI is InChI=1S/C19H18N2O5/c1-23-14-7-6-12(17(24-2)18(14)25-3)16-11-5-4-10(22)8-15(11)26-19(21)13(16)9-20/h4-8,16,22H,21H2,1-3H3. The van der Waals surface area contributed by atoms with Gasteiger partial charge in [-0.3, -0.25) is 0 Å². The minimum absolute atomic E-state index is 0.0209. The molecule has 1 aliphatic heterocycles. The van der Waals surface area contributed by atoms with E-state index in [9.17, 15) is 10.4 Å². The molecule has 7 nitrogen and oxygen atoms in total. The van der Waals surface area contributed by atoms with Crippen LogP contribution in [0.3, 0.4) is 0 Å². The Labute approximate surface area is 150 Å². The minimum Gasteiger partial charge on any atom is -0.508 e. The first kappa shape index (κ1) is 17.3. The molecule has 1 unspecified atom stereocenters. The molecule has 0 amide bonds. The molecule has 134 valence electrons. The summed E-state index contributed by atoms with van der Waals surface area (Å²) in [5, 5.41) is 19.4. The summed E-state index contributed by atoms with van der Waals surface area (Å²) in [6, 6.07) is 10.3. The monoisotopic (exact) mass is 354 g/mol. The van der Waals surface area contributed by atoms with Crippen LogP contribution in [-0.4, -0.2) is 26.4 Å². The maximum Gasteiger partial charge on any atom is 0.205 e. The molecule has 3 rings (SSSR count). The van der Waals surface area contributed by atoms with Crippen molar-refractivity contribution in [1.29, 1.82) is 5.26 Å². The van der Waals surface area contributed by atoms with Gasteiger partial charge in [0.1, 0.15) is 23.1 Å². The highest BCUT2D eigenvalue weighted by Gasteiger charge is 2.34. The summed E-state index contributed by atoms with van der Waals surface area (Å²) < 4.78 is 21.8. The molecule has 1 atom stereocenters. The zero-order valence-corrected chi connectivity index (χ0v) is 14.6. The third kappa shape index (κ3) is 2.62. The van der Waals surface area contributed by atoms with Crippen molar-refractivity contribution < 1.29 is 24.1 Å². The lowest BCUT2D eigenvalue weighted by Gasteiger charge is -2.28. The van der Waals surface area contributed by atoms with Crippen molar-refractivity contribution in [2.75, 3.05) is 21.3 Å². The maximum absolute atomic E-state index is 9.74. The summed E-state index contributed by atoms with van der Waals surface area (Å²) in [5.41, 5.74) is 7.55. The fourth-order valence-corrected chi connectivity index (χ4v) is 3.12. The van der Waals surface area contributed by atoms with Crippen LogP contribution in [0.15, 0.2) is 41.8 Å². The third-order valence-electron chi connectivity index (χ3n) is 4.25. The molecule has 0 aromatic heterocycles. The van der Waals surface area contributed by atoms with Gasteiger partial charge in [0.2, 0.25) is 11.6 Å². The molecule has 1 heterocycles. The molecule has 2 aromatic carbocycles. The van der Waals surface area contributed by atoms with Crippen molar-refractivity contribution in [2.24, 2.45) is 5.73 Å². The number of phenols is 1. The number of nitrogens with two attached hydrogens (primary N) is 1. The van der Waals surface area contributed by atoms with Crippen LogP contribution < -0.4 is 24.7 Å². The highest BCUT2D eigenvalue weighted by molar-refractivity contribution is 5.64. The number of fused-ring (bicyclic) bond motifs is 1. The zero-order valence-electron chi connectivity index (χ0n) is 14.6. The van der Waals surface area contributed by atoms with Crippen LogP contribution in [0.2, 0.25) is 0 Å². The number of hydrogen-bond acceptors (Lipinski definition) is 7. The van der Waals surface area contributed by atoms with Crippen molar-refractivity contribution in [3.63, 3.8) is 0 Å². The molecule has 0 spiro atoms. The third-order valence-corrected chi connectivity index (χ3v) is 4.25. The smallest absolute Gasteiger partial charge is 0.205 e. The Morgan fingerprint density at radius 3 is 2.35 bits per heavy atom. The first-order chi connectivity index (χ1) is 12.5. The number of rotatable bonds is 4. The number of aromatic hydroxyl groups is 1. The van der Waals surface area contributed by atoms with Gasteiger partial charge in [0.15, 0.2) is 11.5 Å². The van der Waals surface area contributed by atoms with E-state index in [0.29, 0.717) is 34.1 Å². The molecule has 0 bridgehead atoms. The van der Waals surface area contributed by atoms with Gasteiger partial charge < -0.3 is 29.8 Å². The summed E-state index contributed by atoms with van der Waals surface area (Å²) >= 11 is 0. The summed E-state index contributed by atoms with van der Waals surface area (Å²) in [6.45, 7) is 0. The molecule has 26 heavy (non-hydrogen) atoms. The van der Waals surface area contributed by atoms with Crippen LogP contribution in [0.25, 0.3) is 0 Å². The Balaban J connectivity index is 2.30. The van der Waals surface area contributed by atoms with Crippen molar-refractivity contribution in [2.45, 2.75) is 5.92 Å².